The van der Waals surface area contributed by atoms with E-state index in [2.05, 4.69) is 31.8 Å². The van der Waals surface area contributed by atoms with Crippen molar-refractivity contribution in [3.8, 4) is 0 Å². The first-order chi connectivity index (χ1) is 16.3. The van der Waals surface area contributed by atoms with Gasteiger partial charge < -0.3 is 19.8 Å². The zero-order valence-corrected chi connectivity index (χ0v) is 21.1. The van der Waals surface area contributed by atoms with Crippen LogP contribution >= 0.6 is 0 Å². The fourth-order valence-electron chi connectivity index (χ4n) is 4.35. The highest BCUT2D eigenvalue weighted by Crippen LogP contribution is 2.30. The quantitative estimate of drug-likeness (QED) is 0.390. The molecular weight excluding hydrogens is 428 g/mol. The molecule has 0 amide bonds. The Morgan fingerprint density at radius 3 is 2.91 bits per heavy atom. The zero-order chi connectivity index (χ0) is 24.7. The first kappa shape index (κ1) is 26.0. The van der Waals surface area contributed by atoms with E-state index in [1.165, 1.54) is 10.1 Å². The Hall–Kier alpha value is -2.61. The molecule has 184 valence electrons. The summed E-state index contributed by atoms with van der Waals surface area (Å²) in [6, 6.07) is 5.86. The maximum absolute atomic E-state index is 12.5. The van der Waals surface area contributed by atoms with Crippen LogP contribution in [0.2, 0.25) is 0 Å². The summed E-state index contributed by atoms with van der Waals surface area (Å²) >= 11 is 0. The molecule has 2 N–H and O–H groups in total. The monoisotopic (exact) mass is 466 g/mol. The smallest absolute Gasteiger partial charge is 0.260 e. The second-order valence-electron chi connectivity index (χ2n) is 9.21. The number of aryl methyl sites for hydroxylation is 1. The molecule has 3 atom stereocenters. The molecule has 0 saturated carbocycles. The summed E-state index contributed by atoms with van der Waals surface area (Å²) < 4.78 is 12.7. The summed E-state index contributed by atoms with van der Waals surface area (Å²) in [7, 11) is 3.34. The van der Waals surface area contributed by atoms with Gasteiger partial charge in [0.2, 0.25) is 0 Å². The van der Waals surface area contributed by atoms with Crippen molar-refractivity contribution in [1.82, 2.24) is 9.55 Å². The molecule has 0 spiro atoms. The third kappa shape index (κ3) is 6.50. The normalized spacial score (nSPS) is 18.5. The Kier molecular flexibility index (Phi) is 9.33. The molecule has 1 aliphatic rings. The molecule has 1 aromatic heterocycles. The molecule has 7 heteroatoms. The second-order valence-corrected chi connectivity index (χ2v) is 9.21. The number of methoxy groups -OCH3 is 1. The molecule has 2 heterocycles. The summed E-state index contributed by atoms with van der Waals surface area (Å²) in [5.74, 6) is 0.792. The fraction of sp³-hybridized carbons (Fsp3) is 0.519. The summed E-state index contributed by atoms with van der Waals surface area (Å²) in [4.78, 5) is 21.7. The maximum atomic E-state index is 12.5. The number of hydrogen-bond donors (Lipinski definition) is 1. The maximum Gasteiger partial charge on any atom is 0.260 e. The number of nitrogens with zero attached hydrogens (tertiary/aromatic N) is 3. The Balaban J connectivity index is 1.87. The van der Waals surface area contributed by atoms with Crippen molar-refractivity contribution in [2.75, 3.05) is 20.3 Å². The van der Waals surface area contributed by atoms with E-state index in [9.17, 15) is 4.79 Å². The van der Waals surface area contributed by atoms with E-state index in [4.69, 9.17) is 20.2 Å². The van der Waals surface area contributed by atoms with Crippen molar-refractivity contribution in [2.24, 2.45) is 29.6 Å². The van der Waals surface area contributed by atoms with Crippen molar-refractivity contribution >= 4 is 22.7 Å². The Morgan fingerprint density at radius 1 is 1.38 bits per heavy atom. The minimum atomic E-state index is -0.266. The number of nitrogens with two attached hydrogens (primary N) is 1. The minimum Gasteiger partial charge on any atom is -0.381 e. The van der Waals surface area contributed by atoms with Crippen LogP contribution in [0, 0.1) is 11.8 Å². The largest absolute Gasteiger partial charge is 0.381 e. The first-order valence-corrected chi connectivity index (χ1v) is 12.1. The van der Waals surface area contributed by atoms with Crippen LogP contribution in [0.25, 0.3) is 16.5 Å². The Bertz CT molecular complexity index is 1130. The summed E-state index contributed by atoms with van der Waals surface area (Å²) in [5, 5.41) is 0.616. The predicted molar refractivity (Wildman–Crippen MR) is 139 cm³/mol. The van der Waals surface area contributed by atoms with Crippen LogP contribution in [0.1, 0.15) is 52.0 Å². The van der Waals surface area contributed by atoms with E-state index in [1.54, 1.807) is 20.5 Å². The Labute approximate surface area is 202 Å². The molecular formula is C27H38N4O3. The molecule has 0 saturated heterocycles. The standard InChI is InChI=1S/C27H38N4O3/c1-6-22-19(3)9-11-29-24(22)15-21(10-12-34-16-18(2)13-26(28)33-5)20-7-8-23-25(14-20)30-17-31(4)27(23)32/h7-8,11,14-15,17-19,26H,6,9-10,12-13,16,28H2,1-5H3/b21-15+. The van der Waals surface area contributed by atoms with Gasteiger partial charge in [-0.2, -0.15) is 0 Å². The highest BCUT2D eigenvalue weighted by Gasteiger charge is 2.16. The van der Waals surface area contributed by atoms with Crippen molar-refractivity contribution in [2.45, 2.75) is 52.7 Å². The van der Waals surface area contributed by atoms with Gasteiger partial charge in [-0.05, 0) is 72.4 Å². The van der Waals surface area contributed by atoms with E-state index >= 15 is 0 Å². The van der Waals surface area contributed by atoms with Crippen LogP contribution in [0.5, 0.6) is 0 Å². The van der Waals surface area contributed by atoms with Crippen molar-refractivity contribution in [3.63, 3.8) is 0 Å². The number of fused-ring (bicyclic) bond motifs is 1. The van der Waals surface area contributed by atoms with Gasteiger partial charge in [-0.15, -0.1) is 0 Å². The molecule has 0 bridgehead atoms. The van der Waals surface area contributed by atoms with Crippen LogP contribution in [0.3, 0.4) is 0 Å². The second kappa shape index (κ2) is 12.2. The van der Waals surface area contributed by atoms with Crippen LogP contribution in [0.4, 0.5) is 0 Å². The van der Waals surface area contributed by atoms with Crippen molar-refractivity contribution in [3.05, 3.63) is 57.8 Å². The predicted octanol–water partition coefficient (Wildman–Crippen LogP) is 4.46. The summed E-state index contributed by atoms with van der Waals surface area (Å²) in [6.07, 6.45) is 8.92. The van der Waals surface area contributed by atoms with Crippen molar-refractivity contribution < 1.29 is 9.47 Å². The molecule has 0 fully saturated rings. The molecule has 3 rings (SSSR count). The van der Waals surface area contributed by atoms with Gasteiger partial charge in [0, 0.05) is 27.0 Å². The number of hydrogen-bond acceptors (Lipinski definition) is 6. The molecule has 34 heavy (non-hydrogen) atoms. The van der Waals surface area contributed by atoms with Gasteiger partial charge in [-0.1, -0.05) is 26.8 Å². The molecule has 7 nitrogen and oxygen atoms in total. The lowest BCUT2D eigenvalue weighted by Crippen LogP contribution is -2.26. The molecule has 0 radical (unpaired) electrons. The van der Waals surface area contributed by atoms with Gasteiger partial charge in [0.25, 0.3) is 5.56 Å². The third-order valence-corrected chi connectivity index (χ3v) is 6.45. The lowest BCUT2D eigenvalue weighted by atomic mass is 9.90. The number of allylic oxidation sites excluding steroid dienone is 2. The van der Waals surface area contributed by atoms with E-state index in [0.29, 0.717) is 36.0 Å². The van der Waals surface area contributed by atoms with E-state index in [0.717, 1.165) is 42.5 Å². The highest BCUT2D eigenvalue weighted by molar-refractivity contribution is 5.83. The number of ether oxygens (including phenoxy) is 2. The molecule has 3 unspecified atom stereocenters. The average molecular weight is 467 g/mol. The SMILES string of the molecule is CCC1=C(/C=C(\CCOCC(C)CC(N)OC)c2ccc3c(=O)n(C)cnc3c2)N=CCC1C. The van der Waals surface area contributed by atoms with Crippen LogP contribution in [-0.2, 0) is 16.5 Å². The number of aromatic nitrogens is 2. The van der Waals surface area contributed by atoms with Gasteiger partial charge in [0.15, 0.2) is 0 Å². The highest BCUT2D eigenvalue weighted by atomic mass is 16.5. The van der Waals surface area contributed by atoms with E-state index in [-0.39, 0.29) is 11.8 Å². The molecule has 0 aliphatic carbocycles. The van der Waals surface area contributed by atoms with E-state index in [1.807, 2.05) is 24.4 Å². The summed E-state index contributed by atoms with van der Waals surface area (Å²) in [6.45, 7) is 7.75. The lowest BCUT2D eigenvalue weighted by molar-refractivity contribution is 0.0547. The number of benzene rings is 1. The van der Waals surface area contributed by atoms with Gasteiger partial charge in [-0.25, -0.2) is 4.98 Å². The molecule has 2 aromatic rings. The van der Waals surface area contributed by atoms with Crippen LogP contribution in [0.15, 0.2) is 51.7 Å². The number of rotatable bonds is 11. The molecule has 1 aliphatic heterocycles. The minimum absolute atomic E-state index is 0.0460. The lowest BCUT2D eigenvalue weighted by Gasteiger charge is -2.20. The Morgan fingerprint density at radius 2 is 2.18 bits per heavy atom. The fourth-order valence-corrected chi connectivity index (χ4v) is 4.35. The zero-order valence-electron chi connectivity index (χ0n) is 21.1. The van der Waals surface area contributed by atoms with Crippen LogP contribution < -0.4 is 11.3 Å². The van der Waals surface area contributed by atoms with Crippen LogP contribution in [-0.4, -0.2) is 42.3 Å². The van der Waals surface area contributed by atoms with Crippen molar-refractivity contribution in [1.29, 1.82) is 0 Å². The topological polar surface area (TPSA) is 91.7 Å². The number of aliphatic imine (C=N–C) groups is 1. The summed E-state index contributed by atoms with van der Waals surface area (Å²) in [5.41, 5.74) is 11.1. The van der Waals surface area contributed by atoms with Gasteiger partial charge in [0.1, 0.15) is 6.23 Å². The first-order valence-electron chi connectivity index (χ1n) is 12.1. The van der Waals surface area contributed by atoms with E-state index < -0.39 is 0 Å². The average Bonchev–Trinajstić information content (AvgIpc) is 2.83. The van der Waals surface area contributed by atoms with Gasteiger partial charge >= 0.3 is 0 Å². The molecule has 1 aromatic carbocycles. The third-order valence-electron chi connectivity index (χ3n) is 6.45. The van der Waals surface area contributed by atoms with Gasteiger partial charge in [0.05, 0.1) is 29.5 Å². The van der Waals surface area contributed by atoms with Gasteiger partial charge in [-0.3, -0.25) is 9.79 Å².